The molecule has 0 fully saturated rings. The summed E-state index contributed by atoms with van der Waals surface area (Å²) in [5.74, 6) is 0.563. The maximum absolute atomic E-state index is 10.7. The number of aromatic nitrogens is 2. The fourth-order valence-corrected chi connectivity index (χ4v) is 2.46. The second-order valence-electron chi connectivity index (χ2n) is 4.24. The van der Waals surface area contributed by atoms with E-state index in [9.17, 15) is 15.2 Å². The van der Waals surface area contributed by atoms with Gasteiger partial charge in [0.25, 0.3) is 16.8 Å². The summed E-state index contributed by atoms with van der Waals surface area (Å²) in [6.45, 7) is 0. The molecular formula is C13H9N3O5S. The third-order valence-electron chi connectivity index (χ3n) is 2.80. The van der Waals surface area contributed by atoms with Gasteiger partial charge in [0.1, 0.15) is 12.0 Å². The van der Waals surface area contributed by atoms with Crippen LogP contribution in [0, 0.1) is 10.1 Å². The fourth-order valence-electron chi connectivity index (χ4n) is 1.71. The van der Waals surface area contributed by atoms with Crippen molar-refractivity contribution in [2.24, 2.45) is 0 Å². The molecule has 3 aromatic rings. The van der Waals surface area contributed by atoms with Crippen molar-refractivity contribution in [3.05, 3.63) is 52.5 Å². The van der Waals surface area contributed by atoms with Crippen LogP contribution in [0.4, 0.5) is 5.69 Å². The largest absolute Gasteiger partial charge is 0.508 e. The molecule has 8 nitrogen and oxygen atoms in total. The molecule has 9 heteroatoms. The van der Waals surface area contributed by atoms with Crippen LogP contribution >= 0.6 is 11.8 Å². The second kappa shape index (κ2) is 5.90. The van der Waals surface area contributed by atoms with Gasteiger partial charge >= 0.3 is 0 Å². The minimum Gasteiger partial charge on any atom is -0.508 e. The molecule has 1 aromatic carbocycles. The number of phenols is 1. The Morgan fingerprint density at radius 2 is 2.18 bits per heavy atom. The van der Waals surface area contributed by atoms with Gasteiger partial charge in [-0.05, 0) is 12.1 Å². The van der Waals surface area contributed by atoms with Gasteiger partial charge in [0.05, 0.1) is 16.7 Å². The van der Waals surface area contributed by atoms with Crippen molar-refractivity contribution in [1.82, 2.24) is 10.2 Å². The van der Waals surface area contributed by atoms with Crippen molar-refractivity contribution in [2.45, 2.75) is 11.0 Å². The van der Waals surface area contributed by atoms with Gasteiger partial charge in [0.2, 0.25) is 0 Å². The van der Waals surface area contributed by atoms with Gasteiger partial charge in [0, 0.05) is 23.4 Å². The maximum atomic E-state index is 10.7. The molecule has 0 unspecified atom stereocenters. The summed E-state index contributed by atoms with van der Waals surface area (Å²) in [5.41, 5.74) is 0.998. The minimum atomic E-state index is -0.517. The van der Waals surface area contributed by atoms with E-state index in [4.69, 9.17) is 8.83 Å². The van der Waals surface area contributed by atoms with E-state index in [-0.39, 0.29) is 17.2 Å². The molecule has 0 radical (unpaired) electrons. The maximum Gasteiger partial charge on any atom is 0.277 e. The van der Waals surface area contributed by atoms with Gasteiger partial charge in [-0.25, -0.2) is 0 Å². The normalized spacial score (nSPS) is 10.7. The van der Waals surface area contributed by atoms with E-state index < -0.39 is 4.92 Å². The van der Waals surface area contributed by atoms with Gasteiger partial charge < -0.3 is 13.9 Å². The Labute approximate surface area is 127 Å². The van der Waals surface area contributed by atoms with Gasteiger partial charge in [-0.1, -0.05) is 11.8 Å². The zero-order valence-electron chi connectivity index (χ0n) is 11.0. The van der Waals surface area contributed by atoms with Gasteiger partial charge in [-0.3, -0.25) is 10.1 Å². The lowest BCUT2D eigenvalue weighted by molar-refractivity contribution is -0.384. The molecule has 0 aliphatic rings. The molecule has 0 amide bonds. The van der Waals surface area contributed by atoms with Crippen LogP contribution in [0.1, 0.15) is 5.56 Å². The highest BCUT2D eigenvalue weighted by molar-refractivity contribution is 7.98. The average molecular weight is 319 g/mol. The molecule has 1 N–H and O–H groups in total. The molecular weight excluding hydrogens is 310 g/mol. The molecule has 0 saturated heterocycles. The van der Waals surface area contributed by atoms with Crippen molar-refractivity contribution < 1.29 is 18.9 Å². The highest BCUT2D eigenvalue weighted by atomic mass is 32.2. The van der Waals surface area contributed by atoms with Crippen molar-refractivity contribution in [1.29, 1.82) is 0 Å². The van der Waals surface area contributed by atoms with E-state index >= 15 is 0 Å². The summed E-state index contributed by atoms with van der Waals surface area (Å²) in [7, 11) is 0. The number of thioether (sulfide) groups is 1. The monoisotopic (exact) mass is 319 g/mol. The topological polar surface area (TPSA) is 115 Å². The first-order valence-corrected chi connectivity index (χ1v) is 7.07. The number of phenolic OH excluding ortho intramolecular Hbond substituents is 1. The predicted octanol–water partition coefficient (Wildman–Crippen LogP) is 3.24. The van der Waals surface area contributed by atoms with E-state index in [0.717, 1.165) is 0 Å². The quantitative estimate of drug-likeness (QED) is 0.433. The number of hydrogen-bond donors (Lipinski definition) is 1. The summed E-state index contributed by atoms with van der Waals surface area (Å²) < 4.78 is 10.4. The molecule has 0 aliphatic carbocycles. The van der Waals surface area contributed by atoms with E-state index in [1.807, 2.05) is 0 Å². The molecule has 0 bridgehead atoms. The Hall–Kier alpha value is -2.81. The molecule has 112 valence electrons. The summed E-state index contributed by atoms with van der Waals surface area (Å²) in [5, 5.41) is 28.5. The van der Waals surface area contributed by atoms with E-state index in [1.54, 1.807) is 6.07 Å². The van der Waals surface area contributed by atoms with Crippen LogP contribution in [-0.4, -0.2) is 20.2 Å². The average Bonchev–Trinajstić information content (AvgIpc) is 3.17. The number of rotatable bonds is 5. The number of nitro benzene ring substituents is 1. The first-order chi connectivity index (χ1) is 10.6. The number of nitro groups is 1. The van der Waals surface area contributed by atoms with E-state index in [1.165, 1.54) is 42.5 Å². The summed E-state index contributed by atoms with van der Waals surface area (Å²) >= 11 is 1.17. The van der Waals surface area contributed by atoms with Gasteiger partial charge in [0.15, 0.2) is 0 Å². The zero-order chi connectivity index (χ0) is 15.5. The third kappa shape index (κ3) is 2.93. The number of hydrogen-bond acceptors (Lipinski definition) is 8. The van der Waals surface area contributed by atoms with Crippen LogP contribution in [0.15, 0.2) is 50.8 Å². The van der Waals surface area contributed by atoms with Crippen LogP contribution in [-0.2, 0) is 5.75 Å². The van der Waals surface area contributed by atoms with Crippen molar-refractivity contribution in [2.75, 3.05) is 0 Å². The smallest absolute Gasteiger partial charge is 0.277 e. The predicted molar refractivity (Wildman–Crippen MR) is 76.3 cm³/mol. The SMILES string of the molecule is O=[N+]([O-])c1ccc(O)c(CSc2nnc(-c3ccoc3)o2)c1. The highest BCUT2D eigenvalue weighted by Gasteiger charge is 2.14. The Morgan fingerprint density at radius 1 is 1.32 bits per heavy atom. The molecule has 2 heterocycles. The Bertz CT molecular complexity index is 800. The fraction of sp³-hybridized carbons (Fsp3) is 0.0769. The van der Waals surface area contributed by atoms with Crippen LogP contribution < -0.4 is 0 Å². The lowest BCUT2D eigenvalue weighted by atomic mass is 10.2. The number of nitrogens with zero attached hydrogens (tertiary/aromatic N) is 3. The van der Waals surface area contributed by atoms with Gasteiger partial charge in [-0.15, -0.1) is 10.2 Å². The number of non-ortho nitro benzene ring substituents is 1. The molecule has 0 aliphatic heterocycles. The molecule has 0 atom stereocenters. The van der Waals surface area contributed by atoms with Crippen LogP contribution in [0.3, 0.4) is 0 Å². The summed E-state index contributed by atoms with van der Waals surface area (Å²) in [4.78, 5) is 10.2. The molecule has 0 spiro atoms. The lowest BCUT2D eigenvalue weighted by Gasteiger charge is -2.02. The van der Waals surface area contributed by atoms with Gasteiger partial charge in [-0.2, -0.15) is 0 Å². The molecule has 2 aromatic heterocycles. The van der Waals surface area contributed by atoms with Crippen LogP contribution in [0.25, 0.3) is 11.5 Å². The first kappa shape index (κ1) is 14.1. The molecule has 0 saturated carbocycles. The number of aromatic hydroxyl groups is 1. The van der Waals surface area contributed by atoms with Crippen molar-refractivity contribution >= 4 is 17.4 Å². The Kier molecular flexibility index (Phi) is 3.79. The van der Waals surface area contributed by atoms with E-state index in [0.29, 0.717) is 22.2 Å². The highest BCUT2D eigenvalue weighted by Crippen LogP contribution is 2.30. The zero-order valence-corrected chi connectivity index (χ0v) is 11.8. The van der Waals surface area contributed by atoms with Crippen LogP contribution in [0.5, 0.6) is 5.75 Å². The third-order valence-corrected chi connectivity index (χ3v) is 3.67. The van der Waals surface area contributed by atoms with Crippen molar-refractivity contribution in [3.8, 4) is 17.2 Å². The Morgan fingerprint density at radius 3 is 2.91 bits per heavy atom. The lowest BCUT2D eigenvalue weighted by Crippen LogP contribution is -1.90. The van der Waals surface area contributed by atoms with Crippen LogP contribution in [0.2, 0.25) is 0 Å². The summed E-state index contributed by atoms with van der Waals surface area (Å²) in [6.07, 6.45) is 2.97. The minimum absolute atomic E-state index is 0.0207. The molecule has 3 rings (SSSR count). The van der Waals surface area contributed by atoms with E-state index in [2.05, 4.69) is 10.2 Å². The molecule has 22 heavy (non-hydrogen) atoms. The standard InChI is InChI=1S/C13H9N3O5S/c17-11-2-1-10(16(18)19)5-9(11)7-22-13-15-14-12(21-13)8-3-4-20-6-8/h1-6,17H,7H2. The Balaban J connectivity index is 1.73. The summed E-state index contributed by atoms with van der Waals surface area (Å²) in [6, 6.07) is 5.54. The van der Waals surface area contributed by atoms with Crippen molar-refractivity contribution in [3.63, 3.8) is 0 Å². The number of furan rings is 1. The number of benzene rings is 1. The first-order valence-electron chi connectivity index (χ1n) is 6.08. The second-order valence-corrected chi connectivity index (χ2v) is 5.17.